The summed E-state index contributed by atoms with van der Waals surface area (Å²) in [5, 5.41) is 6.30. The van der Waals surface area contributed by atoms with E-state index >= 15 is 0 Å². The van der Waals surface area contributed by atoms with Crippen LogP contribution in [0.15, 0.2) is 5.38 Å². The number of likely N-dealkylation sites (tertiary alicyclic amines) is 1. The first-order valence-electron chi connectivity index (χ1n) is 7.18. The molecule has 1 aromatic rings. The van der Waals surface area contributed by atoms with E-state index in [0.717, 1.165) is 24.7 Å². The lowest BCUT2D eigenvalue weighted by Gasteiger charge is -2.35. The summed E-state index contributed by atoms with van der Waals surface area (Å²) < 4.78 is 5.17. The first-order valence-corrected chi connectivity index (χ1v) is 8.06. The first-order chi connectivity index (χ1) is 9.33. The molecule has 0 spiro atoms. The van der Waals surface area contributed by atoms with E-state index in [-0.39, 0.29) is 0 Å². The highest BCUT2D eigenvalue weighted by Crippen LogP contribution is 2.24. The van der Waals surface area contributed by atoms with Gasteiger partial charge in [0.05, 0.1) is 5.69 Å². The van der Waals surface area contributed by atoms with Crippen LogP contribution < -0.4 is 5.32 Å². The standard InChI is InChI=1S/C14H25N3OS/c1-15-14-16-12(11-19-14)10-17-8-4-3-6-13(17)7-5-9-18-2/h11,13H,3-10H2,1-2H3,(H,15,16)/t13-/m1/s1. The summed E-state index contributed by atoms with van der Waals surface area (Å²) in [6.45, 7) is 3.09. The SMILES string of the molecule is CNc1nc(CN2CCCC[C@@H]2CCCOC)cs1. The highest BCUT2D eigenvalue weighted by molar-refractivity contribution is 7.13. The Bertz CT molecular complexity index is 369. The Morgan fingerprint density at radius 3 is 3.16 bits per heavy atom. The molecule has 0 radical (unpaired) electrons. The topological polar surface area (TPSA) is 37.4 Å². The van der Waals surface area contributed by atoms with E-state index in [2.05, 4.69) is 20.6 Å². The highest BCUT2D eigenvalue weighted by atomic mass is 32.1. The zero-order valence-corrected chi connectivity index (χ0v) is 12.8. The lowest BCUT2D eigenvalue weighted by molar-refractivity contribution is 0.115. The summed E-state index contributed by atoms with van der Waals surface area (Å²) in [4.78, 5) is 7.20. The number of aromatic nitrogens is 1. The molecule has 2 rings (SSSR count). The second-order valence-corrected chi connectivity index (χ2v) is 6.01. The summed E-state index contributed by atoms with van der Waals surface area (Å²) in [7, 11) is 3.71. The number of nitrogens with one attached hydrogen (secondary N) is 1. The van der Waals surface area contributed by atoms with Gasteiger partial charge in [0.2, 0.25) is 0 Å². The fourth-order valence-electron chi connectivity index (χ4n) is 2.76. The van der Waals surface area contributed by atoms with Gasteiger partial charge in [0.25, 0.3) is 0 Å². The molecule has 108 valence electrons. The number of ether oxygens (including phenoxy) is 1. The molecule has 1 atom stereocenters. The Morgan fingerprint density at radius 2 is 2.42 bits per heavy atom. The fourth-order valence-corrected chi connectivity index (χ4v) is 3.42. The predicted molar refractivity (Wildman–Crippen MR) is 80.8 cm³/mol. The number of rotatable bonds is 7. The van der Waals surface area contributed by atoms with Gasteiger partial charge in [-0.05, 0) is 32.2 Å². The van der Waals surface area contributed by atoms with Gasteiger partial charge in [-0.15, -0.1) is 11.3 Å². The summed E-state index contributed by atoms with van der Waals surface area (Å²) in [5.74, 6) is 0. The van der Waals surface area contributed by atoms with E-state index in [1.54, 1.807) is 18.4 Å². The largest absolute Gasteiger partial charge is 0.385 e. The third-order valence-corrected chi connectivity index (χ3v) is 4.67. The highest BCUT2D eigenvalue weighted by Gasteiger charge is 2.22. The Balaban J connectivity index is 1.87. The molecular weight excluding hydrogens is 258 g/mol. The Kier molecular flexibility index (Phi) is 6.07. The molecule has 1 aliphatic heterocycles. The molecule has 19 heavy (non-hydrogen) atoms. The van der Waals surface area contributed by atoms with Crippen molar-refractivity contribution in [2.75, 3.05) is 32.6 Å². The maximum atomic E-state index is 5.17. The zero-order chi connectivity index (χ0) is 13.5. The Morgan fingerprint density at radius 1 is 1.53 bits per heavy atom. The number of piperidine rings is 1. The van der Waals surface area contributed by atoms with Crippen LogP contribution in [0, 0.1) is 0 Å². The van der Waals surface area contributed by atoms with E-state index in [0.29, 0.717) is 6.04 Å². The molecule has 1 aliphatic rings. The third kappa shape index (κ3) is 4.44. The summed E-state index contributed by atoms with van der Waals surface area (Å²) >= 11 is 1.69. The van der Waals surface area contributed by atoms with Crippen LogP contribution in [0.25, 0.3) is 0 Å². The number of thiazole rings is 1. The molecule has 0 saturated carbocycles. The van der Waals surface area contributed by atoms with Gasteiger partial charge in [0.1, 0.15) is 0 Å². The van der Waals surface area contributed by atoms with E-state index in [1.807, 2.05) is 7.05 Å². The van der Waals surface area contributed by atoms with Crippen LogP contribution in [0.1, 0.15) is 37.8 Å². The fraction of sp³-hybridized carbons (Fsp3) is 0.786. The molecule has 4 nitrogen and oxygen atoms in total. The van der Waals surface area contributed by atoms with Crippen molar-refractivity contribution in [3.8, 4) is 0 Å². The molecule has 0 aromatic carbocycles. The average molecular weight is 283 g/mol. The van der Waals surface area contributed by atoms with Crippen molar-refractivity contribution in [3.63, 3.8) is 0 Å². The minimum atomic E-state index is 0.712. The van der Waals surface area contributed by atoms with Crippen molar-refractivity contribution in [1.29, 1.82) is 0 Å². The van der Waals surface area contributed by atoms with Crippen LogP contribution >= 0.6 is 11.3 Å². The Hall–Kier alpha value is -0.650. The van der Waals surface area contributed by atoms with Gasteiger partial charge in [0, 0.05) is 38.7 Å². The van der Waals surface area contributed by atoms with Crippen LogP contribution in [0.5, 0.6) is 0 Å². The number of nitrogens with zero attached hydrogens (tertiary/aromatic N) is 2. The monoisotopic (exact) mass is 283 g/mol. The maximum absolute atomic E-state index is 5.17. The molecule has 1 fully saturated rings. The van der Waals surface area contributed by atoms with Gasteiger partial charge in [0.15, 0.2) is 5.13 Å². The molecule has 1 saturated heterocycles. The predicted octanol–water partition coefficient (Wildman–Crippen LogP) is 2.97. The van der Waals surface area contributed by atoms with E-state index in [4.69, 9.17) is 4.74 Å². The molecule has 2 heterocycles. The van der Waals surface area contributed by atoms with E-state index in [1.165, 1.54) is 37.9 Å². The average Bonchev–Trinajstić information content (AvgIpc) is 2.89. The molecule has 0 aliphatic carbocycles. The van der Waals surface area contributed by atoms with Crippen LogP contribution in [-0.2, 0) is 11.3 Å². The number of hydrogen-bond donors (Lipinski definition) is 1. The molecule has 1 N–H and O–H groups in total. The van der Waals surface area contributed by atoms with Gasteiger partial charge in [-0.1, -0.05) is 6.42 Å². The quantitative estimate of drug-likeness (QED) is 0.781. The van der Waals surface area contributed by atoms with Gasteiger partial charge in [-0.25, -0.2) is 4.98 Å². The minimum Gasteiger partial charge on any atom is -0.385 e. The Labute approximate surface area is 120 Å². The lowest BCUT2D eigenvalue weighted by atomic mass is 9.98. The first kappa shape index (κ1) is 14.8. The van der Waals surface area contributed by atoms with Crippen molar-refractivity contribution in [3.05, 3.63) is 11.1 Å². The maximum Gasteiger partial charge on any atom is 0.182 e. The third-order valence-electron chi connectivity index (χ3n) is 3.77. The van der Waals surface area contributed by atoms with Crippen LogP contribution in [0.2, 0.25) is 0 Å². The van der Waals surface area contributed by atoms with Crippen molar-refractivity contribution in [1.82, 2.24) is 9.88 Å². The van der Waals surface area contributed by atoms with Crippen molar-refractivity contribution in [2.45, 2.75) is 44.7 Å². The lowest BCUT2D eigenvalue weighted by Crippen LogP contribution is -2.39. The molecular formula is C14H25N3OS. The smallest absolute Gasteiger partial charge is 0.182 e. The van der Waals surface area contributed by atoms with E-state index < -0.39 is 0 Å². The molecule has 0 unspecified atom stereocenters. The van der Waals surface area contributed by atoms with Gasteiger partial charge in [-0.2, -0.15) is 0 Å². The van der Waals surface area contributed by atoms with Crippen LogP contribution in [0.3, 0.4) is 0 Å². The molecule has 0 amide bonds. The number of hydrogen-bond acceptors (Lipinski definition) is 5. The van der Waals surface area contributed by atoms with Crippen molar-refractivity contribution < 1.29 is 4.74 Å². The number of methoxy groups -OCH3 is 1. The normalized spacial score (nSPS) is 20.6. The molecule has 5 heteroatoms. The van der Waals surface area contributed by atoms with E-state index in [9.17, 15) is 0 Å². The van der Waals surface area contributed by atoms with Crippen molar-refractivity contribution >= 4 is 16.5 Å². The minimum absolute atomic E-state index is 0.712. The molecule has 1 aromatic heterocycles. The number of anilines is 1. The second-order valence-electron chi connectivity index (χ2n) is 5.15. The van der Waals surface area contributed by atoms with Crippen molar-refractivity contribution in [2.24, 2.45) is 0 Å². The summed E-state index contributed by atoms with van der Waals surface area (Å²) in [6, 6.07) is 0.712. The zero-order valence-electron chi connectivity index (χ0n) is 12.0. The van der Waals surface area contributed by atoms with Gasteiger partial charge < -0.3 is 10.1 Å². The second kappa shape index (κ2) is 7.82. The van der Waals surface area contributed by atoms with Gasteiger partial charge >= 0.3 is 0 Å². The summed E-state index contributed by atoms with van der Waals surface area (Å²) in [5.41, 5.74) is 1.20. The summed E-state index contributed by atoms with van der Waals surface area (Å²) in [6.07, 6.45) is 6.43. The van der Waals surface area contributed by atoms with Gasteiger partial charge in [-0.3, -0.25) is 4.90 Å². The van der Waals surface area contributed by atoms with Crippen LogP contribution in [0.4, 0.5) is 5.13 Å². The molecule has 0 bridgehead atoms. The van der Waals surface area contributed by atoms with Crippen LogP contribution in [-0.4, -0.2) is 43.2 Å².